The molecule has 3 heterocycles. The molecule has 1 N–H and O–H groups in total. The fourth-order valence-corrected chi connectivity index (χ4v) is 2.36. The molecule has 6 nitrogen and oxygen atoms in total. The average molecular weight is 256 g/mol. The van der Waals surface area contributed by atoms with Gasteiger partial charge in [0.05, 0.1) is 18.0 Å². The monoisotopic (exact) mass is 256 g/mol. The third kappa shape index (κ3) is 1.72. The molecule has 1 aromatic carbocycles. The van der Waals surface area contributed by atoms with Crippen molar-refractivity contribution in [2.75, 3.05) is 13.2 Å². The minimum absolute atomic E-state index is 0.214. The summed E-state index contributed by atoms with van der Waals surface area (Å²) in [5.74, 6) is 1.38. The van der Waals surface area contributed by atoms with E-state index in [0.29, 0.717) is 18.3 Å². The molecule has 2 aromatic heterocycles. The van der Waals surface area contributed by atoms with Gasteiger partial charge in [-0.15, -0.1) is 0 Å². The second kappa shape index (κ2) is 4.17. The van der Waals surface area contributed by atoms with Gasteiger partial charge in [-0.05, 0) is 12.5 Å². The Kier molecular flexibility index (Phi) is 2.34. The first-order valence-electron chi connectivity index (χ1n) is 6.26. The van der Waals surface area contributed by atoms with Crippen LogP contribution in [0.3, 0.4) is 0 Å². The number of hydrogen-bond donors (Lipinski definition) is 1. The van der Waals surface area contributed by atoms with Gasteiger partial charge in [0.25, 0.3) is 0 Å². The maximum atomic E-state index is 5.33. The minimum Gasteiger partial charge on any atom is -0.381 e. The molecule has 0 spiro atoms. The quantitative estimate of drug-likeness (QED) is 0.760. The molecule has 1 fully saturated rings. The van der Waals surface area contributed by atoms with Gasteiger partial charge < -0.3 is 9.26 Å². The Morgan fingerprint density at radius 1 is 1.26 bits per heavy atom. The Balaban J connectivity index is 1.76. The molecule has 1 atom stereocenters. The Labute approximate surface area is 108 Å². The Morgan fingerprint density at radius 3 is 3.11 bits per heavy atom. The number of aromatic nitrogens is 4. The summed E-state index contributed by atoms with van der Waals surface area (Å²) in [7, 11) is 0. The van der Waals surface area contributed by atoms with E-state index < -0.39 is 0 Å². The second-order valence-corrected chi connectivity index (χ2v) is 4.63. The molecular weight excluding hydrogens is 244 g/mol. The van der Waals surface area contributed by atoms with E-state index >= 15 is 0 Å². The van der Waals surface area contributed by atoms with Crippen LogP contribution < -0.4 is 0 Å². The predicted molar refractivity (Wildman–Crippen MR) is 67.6 cm³/mol. The summed E-state index contributed by atoms with van der Waals surface area (Å²) in [4.78, 5) is 4.44. The van der Waals surface area contributed by atoms with Crippen molar-refractivity contribution in [1.29, 1.82) is 0 Å². The molecule has 0 amide bonds. The number of ether oxygens (including phenoxy) is 1. The molecule has 0 aliphatic carbocycles. The zero-order valence-corrected chi connectivity index (χ0v) is 10.2. The largest absolute Gasteiger partial charge is 0.381 e. The molecule has 1 aliphatic rings. The highest BCUT2D eigenvalue weighted by molar-refractivity contribution is 5.90. The number of hydrogen-bond acceptors (Lipinski definition) is 5. The zero-order valence-electron chi connectivity index (χ0n) is 10.2. The van der Waals surface area contributed by atoms with E-state index in [0.717, 1.165) is 29.6 Å². The van der Waals surface area contributed by atoms with Crippen molar-refractivity contribution in [3.05, 3.63) is 30.2 Å². The topological polar surface area (TPSA) is 76.8 Å². The fourth-order valence-electron chi connectivity index (χ4n) is 2.36. The maximum absolute atomic E-state index is 5.33. The second-order valence-electron chi connectivity index (χ2n) is 4.63. The van der Waals surface area contributed by atoms with Crippen LogP contribution in [-0.4, -0.2) is 33.6 Å². The van der Waals surface area contributed by atoms with Crippen LogP contribution in [0.1, 0.15) is 18.2 Å². The number of nitrogens with zero attached hydrogens (tertiary/aromatic N) is 3. The smallest absolute Gasteiger partial charge is 0.232 e. The van der Waals surface area contributed by atoms with Gasteiger partial charge >= 0.3 is 0 Å². The lowest BCUT2D eigenvalue weighted by molar-refractivity contribution is 0.189. The van der Waals surface area contributed by atoms with Crippen LogP contribution >= 0.6 is 0 Å². The maximum Gasteiger partial charge on any atom is 0.232 e. The highest BCUT2D eigenvalue weighted by atomic mass is 16.5. The first kappa shape index (κ1) is 10.7. The van der Waals surface area contributed by atoms with Gasteiger partial charge in [0.2, 0.25) is 11.7 Å². The highest BCUT2D eigenvalue weighted by Gasteiger charge is 2.25. The molecule has 1 unspecified atom stereocenters. The summed E-state index contributed by atoms with van der Waals surface area (Å²) < 4.78 is 10.7. The van der Waals surface area contributed by atoms with Gasteiger partial charge in [-0.25, -0.2) is 0 Å². The van der Waals surface area contributed by atoms with Crippen LogP contribution in [0.5, 0.6) is 0 Å². The predicted octanol–water partition coefficient (Wildman–Crippen LogP) is 2.12. The number of fused-ring (bicyclic) bond motifs is 1. The molecule has 4 rings (SSSR count). The molecule has 0 radical (unpaired) electrons. The number of aromatic amines is 1. The van der Waals surface area contributed by atoms with Crippen molar-refractivity contribution in [3.63, 3.8) is 0 Å². The van der Waals surface area contributed by atoms with Crippen LogP contribution in [0, 0.1) is 0 Å². The number of para-hydroxylation sites is 1. The van der Waals surface area contributed by atoms with Crippen molar-refractivity contribution >= 4 is 10.9 Å². The molecule has 6 heteroatoms. The number of rotatable bonds is 2. The molecule has 0 bridgehead atoms. The van der Waals surface area contributed by atoms with Crippen LogP contribution in [0.25, 0.3) is 22.4 Å². The summed E-state index contributed by atoms with van der Waals surface area (Å²) in [6.07, 6.45) is 0.933. The average Bonchev–Trinajstić information content (AvgIpc) is 3.18. The summed E-state index contributed by atoms with van der Waals surface area (Å²) in [5, 5.41) is 12.3. The summed E-state index contributed by atoms with van der Waals surface area (Å²) >= 11 is 0. The molecule has 3 aromatic rings. The lowest BCUT2D eigenvalue weighted by Crippen LogP contribution is -1.97. The third-order valence-corrected chi connectivity index (χ3v) is 3.40. The molecule has 1 aliphatic heterocycles. The van der Waals surface area contributed by atoms with E-state index in [1.165, 1.54) is 0 Å². The van der Waals surface area contributed by atoms with E-state index in [1.807, 2.05) is 24.3 Å². The van der Waals surface area contributed by atoms with Crippen molar-refractivity contribution in [1.82, 2.24) is 20.3 Å². The van der Waals surface area contributed by atoms with E-state index in [4.69, 9.17) is 9.26 Å². The highest BCUT2D eigenvalue weighted by Crippen LogP contribution is 2.28. The standard InChI is InChI=1S/C13H12N4O2/c1-2-4-10-9(3-1)11(16-15-10)12-14-13(19-17-12)8-5-6-18-7-8/h1-4,8H,5-7H2,(H,15,16). The minimum atomic E-state index is 0.214. The Bertz CT molecular complexity index is 712. The fraction of sp³-hybridized carbons (Fsp3) is 0.308. The summed E-state index contributed by atoms with van der Waals surface area (Å²) in [6, 6.07) is 7.88. The molecule has 0 saturated carbocycles. The van der Waals surface area contributed by atoms with Gasteiger partial charge in [0.1, 0.15) is 5.69 Å². The number of H-pyrrole nitrogens is 1. The number of benzene rings is 1. The van der Waals surface area contributed by atoms with Crippen LogP contribution in [0.15, 0.2) is 28.8 Å². The first-order valence-corrected chi connectivity index (χ1v) is 6.26. The summed E-state index contributed by atoms with van der Waals surface area (Å²) in [5.41, 5.74) is 1.69. The molecule has 96 valence electrons. The van der Waals surface area contributed by atoms with Crippen molar-refractivity contribution in [3.8, 4) is 11.5 Å². The zero-order chi connectivity index (χ0) is 12.7. The Hall–Kier alpha value is -2.21. The van der Waals surface area contributed by atoms with E-state index in [-0.39, 0.29) is 5.92 Å². The van der Waals surface area contributed by atoms with Crippen LogP contribution in [0.4, 0.5) is 0 Å². The first-order chi connectivity index (χ1) is 9.42. The van der Waals surface area contributed by atoms with E-state index in [9.17, 15) is 0 Å². The molecule has 19 heavy (non-hydrogen) atoms. The van der Waals surface area contributed by atoms with Gasteiger partial charge in [0.15, 0.2) is 0 Å². The SMILES string of the molecule is c1ccc2c(-c3noc(C4CCOC4)n3)n[nH]c2c1. The van der Waals surface area contributed by atoms with Crippen molar-refractivity contribution in [2.24, 2.45) is 0 Å². The van der Waals surface area contributed by atoms with Crippen molar-refractivity contribution < 1.29 is 9.26 Å². The molecule has 1 saturated heterocycles. The van der Waals surface area contributed by atoms with Gasteiger partial charge in [-0.3, -0.25) is 5.10 Å². The van der Waals surface area contributed by atoms with Gasteiger partial charge in [-0.1, -0.05) is 23.4 Å². The third-order valence-electron chi connectivity index (χ3n) is 3.40. The van der Waals surface area contributed by atoms with E-state index in [2.05, 4.69) is 20.3 Å². The van der Waals surface area contributed by atoms with Crippen LogP contribution in [0.2, 0.25) is 0 Å². The lowest BCUT2D eigenvalue weighted by Gasteiger charge is -1.97. The van der Waals surface area contributed by atoms with Gasteiger partial charge in [-0.2, -0.15) is 10.1 Å². The van der Waals surface area contributed by atoms with Crippen molar-refractivity contribution in [2.45, 2.75) is 12.3 Å². The van der Waals surface area contributed by atoms with E-state index in [1.54, 1.807) is 0 Å². The Morgan fingerprint density at radius 2 is 2.21 bits per heavy atom. The van der Waals surface area contributed by atoms with Crippen LogP contribution in [-0.2, 0) is 4.74 Å². The molecular formula is C13H12N4O2. The number of nitrogens with one attached hydrogen (secondary N) is 1. The normalized spacial score (nSPS) is 19.3. The lowest BCUT2D eigenvalue weighted by atomic mass is 10.1. The van der Waals surface area contributed by atoms with Gasteiger partial charge in [0, 0.05) is 12.0 Å². The summed E-state index contributed by atoms with van der Waals surface area (Å²) in [6.45, 7) is 1.41.